The molecule has 4 rings (SSSR count). The van der Waals surface area contributed by atoms with Gasteiger partial charge in [-0.2, -0.15) is 0 Å². The molecular weight excluding hydrogens is 388 g/mol. The van der Waals surface area contributed by atoms with Gasteiger partial charge in [-0.1, -0.05) is 37.3 Å². The second kappa shape index (κ2) is 8.44. The van der Waals surface area contributed by atoms with E-state index >= 15 is 0 Å². The molecule has 0 aliphatic heterocycles. The Labute approximate surface area is 180 Å². The predicted octanol–water partition coefficient (Wildman–Crippen LogP) is 4.66. The van der Waals surface area contributed by atoms with E-state index in [-0.39, 0.29) is 11.5 Å². The van der Waals surface area contributed by atoms with Gasteiger partial charge in [0.2, 0.25) is 0 Å². The summed E-state index contributed by atoms with van der Waals surface area (Å²) in [6.07, 6.45) is 0.671. The van der Waals surface area contributed by atoms with Gasteiger partial charge in [0, 0.05) is 40.1 Å². The Bertz CT molecular complexity index is 1300. The second-order valence-electron chi connectivity index (χ2n) is 7.43. The number of nitrogens with zero attached hydrogens (tertiary/aromatic N) is 2. The molecule has 2 aromatic carbocycles. The Morgan fingerprint density at radius 1 is 1.03 bits per heavy atom. The van der Waals surface area contributed by atoms with Gasteiger partial charge in [0.1, 0.15) is 5.82 Å². The van der Waals surface area contributed by atoms with Crippen LogP contribution in [0.4, 0.5) is 5.69 Å². The van der Waals surface area contributed by atoms with Crippen molar-refractivity contribution in [1.82, 2.24) is 14.5 Å². The first-order valence-corrected chi connectivity index (χ1v) is 10.2. The minimum Gasteiger partial charge on any atom is -0.322 e. The van der Waals surface area contributed by atoms with E-state index in [1.165, 1.54) is 6.07 Å². The van der Waals surface area contributed by atoms with Crippen LogP contribution in [0.5, 0.6) is 0 Å². The molecule has 0 saturated carbocycles. The van der Waals surface area contributed by atoms with Crippen LogP contribution in [-0.4, -0.2) is 20.4 Å². The zero-order valence-electron chi connectivity index (χ0n) is 17.8. The maximum atomic E-state index is 13.0. The smallest absolute Gasteiger partial charge is 0.257 e. The summed E-state index contributed by atoms with van der Waals surface area (Å²) in [6.45, 7) is 5.88. The Morgan fingerprint density at radius 2 is 1.81 bits per heavy atom. The maximum Gasteiger partial charge on any atom is 0.257 e. The Balaban J connectivity index is 1.63. The first kappa shape index (κ1) is 20.3. The molecule has 0 radical (unpaired) electrons. The van der Waals surface area contributed by atoms with Crippen LogP contribution >= 0.6 is 0 Å². The van der Waals surface area contributed by atoms with Crippen molar-refractivity contribution >= 4 is 11.6 Å². The van der Waals surface area contributed by atoms with Crippen molar-refractivity contribution in [3.05, 3.63) is 99.7 Å². The molecule has 2 heterocycles. The first-order chi connectivity index (χ1) is 15.0. The third-order valence-electron chi connectivity index (χ3n) is 5.24. The predicted molar refractivity (Wildman–Crippen MR) is 123 cm³/mol. The summed E-state index contributed by atoms with van der Waals surface area (Å²) in [5.74, 6) is 0.305. The summed E-state index contributed by atoms with van der Waals surface area (Å²) in [6, 6.07) is 20.7. The molecule has 6 heteroatoms. The molecule has 31 heavy (non-hydrogen) atoms. The van der Waals surface area contributed by atoms with Crippen LogP contribution in [0.25, 0.3) is 17.1 Å². The summed E-state index contributed by atoms with van der Waals surface area (Å²) in [7, 11) is 0. The highest BCUT2D eigenvalue weighted by Gasteiger charge is 2.17. The molecule has 156 valence electrons. The molecular formula is C25H24N4O2. The standard InChI is InChI=1S/C25H24N4O2/c1-4-19-15-23(30)28-24(26-19)18-9-8-10-20(14-18)27-25(31)22-13-16(2)29(17(22)3)21-11-6-5-7-12-21/h5-15H,4H2,1-3H3,(H,27,31)(H,26,28,30). The number of hydrogen-bond donors (Lipinski definition) is 2. The molecule has 0 aliphatic rings. The fourth-order valence-electron chi connectivity index (χ4n) is 3.74. The van der Waals surface area contributed by atoms with Crippen LogP contribution in [0.15, 0.2) is 71.5 Å². The largest absolute Gasteiger partial charge is 0.322 e. The van der Waals surface area contributed by atoms with E-state index < -0.39 is 0 Å². The van der Waals surface area contributed by atoms with E-state index in [0.29, 0.717) is 23.5 Å². The Hall–Kier alpha value is -3.93. The van der Waals surface area contributed by atoms with Crippen molar-refractivity contribution in [2.75, 3.05) is 5.32 Å². The van der Waals surface area contributed by atoms with Gasteiger partial charge in [-0.3, -0.25) is 9.59 Å². The summed E-state index contributed by atoms with van der Waals surface area (Å²) < 4.78 is 2.07. The second-order valence-corrected chi connectivity index (χ2v) is 7.43. The van der Waals surface area contributed by atoms with Crippen LogP contribution in [0.3, 0.4) is 0 Å². The van der Waals surface area contributed by atoms with Crippen LogP contribution in [0, 0.1) is 13.8 Å². The van der Waals surface area contributed by atoms with Crippen molar-refractivity contribution in [3.63, 3.8) is 0 Å². The lowest BCUT2D eigenvalue weighted by Crippen LogP contribution is -2.13. The number of benzene rings is 2. The lowest BCUT2D eigenvalue weighted by atomic mass is 10.1. The quantitative estimate of drug-likeness (QED) is 0.500. The monoisotopic (exact) mass is 412 g/mol. The van der Waals surface area contributed by atoms with Crippen molar-refractivity contribution in [1.29, 1.82) is 0 Å². The van der Waals surface area contributed by atoms with Gasteiger partial charge < -0.3 is 14.9 Å². The van der Waals surface area contributed by atoms with Crippen LogP contribution in [-0.2, 0) is 6.42 Å². The van der Waals surface area contributed by atoms with Crippen molar-refractivity contribution in [2.24, 2.45) is 0 Å². The number of aromatic nitrogens is 3. The van der Waals surface area contributed by atoms with Gasteiger partial charge in [0.25, 0.3) is 11.5 Å². The fraction of sp³-hybridized carbons (Fsp3) is 0.160. The van der Waals surface area contributed by atoms with Gasteiger partial charge in [-0.15, -0.1) is 0 Å². The SMILES string of the molecule is CCc1cc(=O)[nH]c(-c2cccc(NC(=O)c3cc(C)n(-c4ccccc4)c3C)c2)n1. The molecule has 0 bridgehead atoms. The number of para-hydroxylation sites is 1. The topological polar surface area (TPSA) is 79.8 Å². The normalized spacial score (nSPS) is 10.8. The molecule has 0 spiro atoms. The van der Waals surface area contributed by atoms with Crippen LogP contribution < -0.4 is 10.9 Å². The van der Waals surface area contributed by atoms with E-state index in [0.717, 1.165) is 28.3 Å². The molecule has 0 unspecified atom stereocenters. The fourth-order valence-corrected chi connectivity index (χ4v) is 3.74. The van der Waals surface area contributed by atoms with Crippen LogP contribution in [0.1, 0.15) is 34.4 Å². The number of anilines is 1. The zero-order chi connectivity index (χ0) is 22.0. The van der Waals surface area contributed by atoms with Crippen molar-refractivity contribution in [3.8, 4) is 17.1 Å². The number of aryl methyl sites for hydroxylation is 2. The van der Waals surface area contributed by atoms with E-state index in [1.807, 2.05) is 81.4 Å². The average Bonchev–Trinajstić information content (AvgIpc) is 3.08. The van der Waals surface area contributed by atoms with Gasteiger partial charge in [-0.05, 0) is 50.6 Å². The molecule has 2 N–H and O–H groups in total. The summed E-state index contributed by atoms with van der Waals surface area (Å²) >= 11 is 0. The Kier molecular flexibility index (Phi) is 5.54. The highest BCUT2D eigenvalue weighted by atomic mass is 16.1. The summed E-state index contributed by atoms with van der Waals surface area (Å²) in [4.78, 5) is 32.2. The number of carbonyl (C=O) groups is 1. The van der Waals surface area contributed by atoms with E-state index in [2.05, 4.69) is 19.9 Å². The summed E-state index contributed by atoms with van der Waals surface area (Å²) in [5, 5.41) is 2.97. The van der Waals surface area contributed by atoms with E-state index in [1.54, 1.807) is 0 Å². The van der Waals surface area contributed by atoms with Crippen LogP contribution in [0.2, 0.25) is 0 Å². The molecule has 0 atom stereocenters. The molecule has 4 aromatic rings. The molecule has 2 aromatic heterocycles. The van der Waals surface area contributed by atoms with E-state index in [9.17, 15) is 9.59 Å². The molecule has 0 aliphatic carbocycles. The maximum absolute atomic E-state index is 13.0. The van der Waals surface area contributed by atoms with E-state index in [4.69, 9.17) is 0 Å². The van der Waals surface area contributed by atoms with Gasteiger partial charge in [0.05, 0.1) is 5.56 Å². The molecule has 1 amide bonds. The third-order valence-corrected chi connectivity index (χ3v) is 5.24. The number of H-pyrrole nitrogens is 1. The number of hydrogen-bond acceptors (Lipinski definition) is 3. The van der Waals surface area contributed by atoms with Crippen molar-refractivity contribution < 1.29 is 4.79 Å². The number of rotatable bonds is 5. The number of nitrogens with one attached hydrogen (secondary N) is 2. The van der Waals surface area contributed by atoms with Gasteiger partial charge in [-0.25, -0.2) is 4.98 Å². The number of amides is 1. The minimum absolute atomic E-state index is 0.184. The summed E-state index contributed by atoms with van der Waals surface area (Å²) in [5.41, 5.74) is 5.40. The zero-order valence-corrected chi connectivity index (χ0v) is 17.8. The lowest BCUT2D eigenvalue weighted by molar-refractivity contribution is 0.102. The first-order valence-electron chi connectivity index (χ1n) is 10.2. The molecule has 6 nitrogen and oxygen atoms in total. The lowest BCUT2D eigenvalue weighted by Gasteiger charge is -2.10. The average molecular weight is 412 g/mol. The molecule has 0 fully saturated rings. The third kappa shape index (κ3) is 4.19. The number of carbonyl (C=O) groups excluding carboxylic acids is 1. The Morgan fingerprint density at radius 3 is 2.55 bits per heavy atom. The highest BCUT2D eigenvalue weighted by Crippen LogP contribution is 2.23. The highest BCUT2D eigenvalue weighted by molar-refractivity contribution is 6.05. The van der Waals surface area contributed by atoms with Crippen molar-refractivity contribution in [2.45, 2.75) is 27.2 Å². The van der Waals surface area contributed by atoms with Gasteiger partial charge >= 0.3 is 0 Å². The van der Waals surface area contributed by atoms with Gasteiger partial charge in [0.15, 0.2) is 0 Å². The molecule has 0 saturated heterocycles. The number of aromatic amines is 1. The minimum atomic E-state index is -0.190.